The number of nitro groups is 1. The number of nitro benzene ring substituents is 1. The molecule has 0 saturated carbocycles. The Labute approximate surface area is 197 Å². The van der Waals surface area contributed by atoms with Gasteiger partial charge in [-0.1, -0.05) is 91.0 Å². The zero-order valence-corrected chi connectivity index (χ0v) is 18.3. The lowest BCUT2D eigenvalue weighted by molar-refractivity contribution is -0.384. The number of fused-ring (bicyclic) bond motifs is 3. The average molecular weight is 441 g/mol. The summed E-state index contributed by atoms with van der Waals surface area (Å²) in [6.45, 7) is 0. The van der Waals surface area contributed by atoms with Gasteiger partial charge in [0.2, 0.25) is 0 Å². The first-order valence-electron chi connectivity index (χ1n) is 11.2. The number of para-hydroxylation sites is 1. The van der Waals surface area contributed by atoms with Gasteiger partial charge in [-0.3, -0.25) is 15.1 Å². The summed E-state index contributed by atoms with van der Waals surface area (Å²) in [5.74, 6) is 0. The molecule has 1 atom stereocenters. The highest BCUT2D eigenvalue weighted by atomic mass is 16.6. The number of rotatable bonds is 4. The van der Waals surface area contributed by atoms with Crippen LogP contribution < -0.4 is 0 Å². The summed E-state index contributed by atoms with van der Waals surface area (Å²) >= 11 is 0. The van der Waals surface area contributed by atoms with Crippen LogP contribution in [0, 0.1) is 10.1 Å². The zero-order chi connectivity index (χ0) is 23.1. The van der Waals surface area contributed by atoms with Crippen molar-refractivity contribution in [3.05, 3.63) is 154 Å². The Hall–Kier alpha value is -4.57. The summed E-state index contributed by atoms with van der Waals surface area (Å²) in [6.07, 6.45) is 3.69. The highest BCUT2D eigenvalue weighted by molar-refractivity contribution is 5.93. The highest BCUT2D eigenvalue weighted by Crippen LogP contribution is 2.58. The van der Waals surface area contributed by atoms with Crippen LogP contribution in [-0.4, -0.2) is 9.91 Å². The fourth-order valence-corrected chi connectivity index (χ4v) is 5.48. The Balaban J connectivity index is 1.82. The van der Waals surface area contributed by atoms with Crippen molar-refractivity contribution in [2.45, 2.75) is 5.41 Å². The molecule has 0 saturated heterocycles. The van der Waals surface area contributed by atoms with Crippen LogP contribution in [0.5, 0.6) is 0 Å². The maximum Gasteiger partial charge on any atom is 0.277 e. The third-order valence-corrected chi connectivity index (χ3v) is 6.75. The van der Waals surface area contributed by atoms with E-state index in [-0.39, 0.29) is 10.6 Å². The van der Waals surface area contributed by atoms with E-state index >= 15 is 0 Å². The largest absolute Gasteiger partial charge is 0.277 e. The maximum absolute atomic E-state index is 12.0. The second kappa shape index (κ2) is 7.78. The van der Waals surface area contributed by atoms with Gasteiger partial charge in [-0.15, -0.1) is 0 Å². The van der Waals surface area contributed by atoms with Crippen molar-refractivity contribution in [2.24, 2.45) is 0 Å². The van der Waals surface area contributed by atoms with E-state index in [0.717, 1.165) is 38.9 Å². The van der Waals surface area contributed by atoms with Gasteiger partial charge in [0.15, 0.2) is 0 Å². The van der Waals surface area contributed by atoms with Crippen molar-refractivity contribution in [3.63, 3.8) is 0 Å². The van der Waals surface area contributed by atoms with E-state index in [1.807, 2.05) is 60.8 Å². The molecule has 0 amide bonds. The second-order valence-electron chi connectivity index (χ2n) is 8.41. The number of nitrogens with zero attached hydrogens (tertiary/aromatic N) is 2. The van der Waals surface area contributed by atoms with Gasteiger partial charge < -0.3 is 0 Å². The molecule has 0 fully saturated rings. The van der Waals surface area contributed by atoms with Crippen LogP contribution in [0.3, 0.4) is 0 Å². The van der Waals surface area contributed by atoms with E-state index in [2.05, 4.69) is 47.4 Å². The molecule has 1 aliphatic carbocycles. The van der Waals surface area contributed by atoms with Crippen LogP contribution in [0.15, 0.2) is 122 Å². The molecule has 4 nitrogen and oxygen atoms in total. The van der Waals surface area contributed by atoms with Crippen LogP contribution in [0.4, 0.5) is 5.69 Å². The number of pyridine rings is 1. The number of benzene rings is 4. The lowest BCUT2D eigenvalue weighted by Crippen LogP contribution is -2.29. The molecule has 0 bridgehead atoms. The summed E-state index contributed by atoms with van der Waals surface area (Å²) in [7, 11) is 0. The van der Waals surface area contributed by atoms with Gasteiger partial charge in [0.05, 0.1) is 15.9 Å². The topological polar surface area (TPSA) is 56.0 Å². The molecule has 34 heavy (non-hydrogen) atoms. The molecule has 0 aliphatic heterocycles. The standard InChI is InChI=1S/C30H20N2O2/c33-32(34)28-18-7-5-14-24(28)26-16-8-15-25-23-13-4-6-17-27(23)30(29(25)26,21-10-2-1-3-11-21)22-12-9-19-31-20-22/h1-20H. The van der Waals surface area contributed by atoms with E-state index in [9.17, 15) is 10.1 Å². The predicted molar refractivity (Wildman–Crippen MR) is 134 cm³/mol. The van der Waals surface area contributed by atoms with Gasteiger partial charge >= 0.3 is 0 Å². The molecule has 0 radical (unpaired) electrons. The van der Waals surface area contributed by atoms with Crippen LogP contribution >= 0.6 is 0 Å². The Morgan fingerprint density at radius 3 is 1.97 bits per heavy atom. The summed E-state index contributed by atoms with van der Waals surface area (Å²) in [5, 5.41) is 12.0. The van der Waals surface area contributed by atoms with E-state index in [4.69, 9.17) is 0 Å². The van der Waals surface area contributed by atoms with Crippen molar-refractivity contribution >= 4 is 5.69 Å². The van der Waals surface area contributed by atoms with E-state index in [1.54, 1.807) is 18.3 Å². The normalized spacial score (nSPS) is 16.0. The Morgan fingerprint density at radius 1 is 0.618 bits per heavy atom. The van der Waals surface area contributed by atoms with Crippen molar-refractivity contribution in [2.75, 3.05) is 0 Å². The number of hydrogen-bond donors (Lipinski definition) is 0. The van der Waals surface area contributed by atoms with Crippen molar-refractivity contribution < 1.29 is 4.92 Å². The molecule has 0 N–H and O–H groups in total. The highest BCUT2D eigenvalue weighted by Gasteiger charge is 2.48. The van der Waals surface area contributed by atoms with Gasteiger partial charge in [0.1, 0.15) is 0 Å². The van der Waals surface area contributed by atoms with Crippen molar-refractivity contribution in [3.8, 4) is 22.3 Å². The Bertz CT molecular complexity index is 1490. The first-order chi connectivity index (χ1) is 16.7. The fraction of sp³-hybridized carbons (Fsp3) is 0.0333. The van der Waals surface area contributed by atoms with Crippen molar-refractivity contribution in [1.82, 2.24) is 4.98 Å². The van der Waals surface area contributed by atoms with Crippen molar-refractivity contribution in [1.29, 1.82) is 0 Å². The van der Waals surface area contributed by atoms with Crippen LogP contribution in [0.25, 0.3) is 22.3 Å². The maximum atomic E-state index is 12.0. The van der Waals surface area contributed by atoms with Gasteiger partial charge in [0.25, 0.3) is 5.69 Å². The molecular weight excluding hydrogens is 420 g/mol. The van der Waals surface area contributed by atoms with Crippen LogP contribution in [0.2, 0.25) is 0 Å². The third-order valence-electron chi connectivity index (χ3n) is 6.75. The predicted octanol–water partition coefficient (Wildman–Crippen LogP) is 7.02. The van der Waals surface area contributed by atoms with Gasteiger partial charge in [-0.05, 0) is 51.1 Å². The molecule has 5 aromatic rings. The third kappa shape index (κ3) is 2.75. The lowest BCUT2D eigenvalue weighted by Gasteiger charge is -2.34. The molecule has 4 heteroatoms. The first kappa shape index (κ1) is 20.1. The minimum atomic E-state index is -0.665. The Kier molecular flexibility index (Phi) is 4.59. The zero-order valence-electron chi connectivity index (χ0n) is 18.3. The van der Waals surface area contributed by atoms with Gasteiger partial charge in [-0.25, -0.2) is 0 Å². The molecule has 162 valence electrons. The molecule has 6 rings (SSSR count). The molecule has 4 aromatic carbocycles. The molecule has 1 unspecified atom stereocenters. The number of hydrogen-bond acceptors (Lipinski definition) is 3. The van der Waals surface area contributed by atoms with E-state index < -0.39 is 5.41 Å². The molecular formula is C30H20N2O2. The average Bonchev–Trinajstić information content (AvgIpc) is 3.21. The lowest BCUT2D eigenvalue weighted by atomic mass is 9.66. The van der Waals surface area contributed by atoms with E-state index in [0.29, 0.717) is 5.56 Å². The molecule has 1 aromatic heterocycles. The van der Waals surface area contributed by atoms with Gasteiger partial charge in [0, 0.05) is 18.5 Å². The SMILES string of the molecule is O=[N+]([O-])c1ccccc1-c1cccc2c1C(c1ccccc1)(c1cccnc1)c1ccccc1-2. The summed E-state index contributed by atoms with van der Waals surface area (Å²) in [6, 6.07) is 35.9. The summed E-state index contributed by atoms with van der Waals surface area (Å²) in [4.78, 5) is 16.2. The summed E-state index contributed by atoms with van der Waals surface area (Å²) < 4.78 is 0. The molecule has 0 spiro atoms. The fourth-order valence-electron chi connectivity index (χ4n) is 5.48. The minimum absolute atomic E-state index is 0.0972. The smallest absolute Gasteiger partial charge is 0.264 e. The van der Waals surface area contributed by atoms with Crippen LogP contribution in [0.1, 0.15) is 22.3 Å². The molecule has 1 aliphatic rings. The number of aromatic nitrogens is 1. The first-order valence-corrected chi connectivity index (χ1v) is 11.2. The monoisotopic (exact) mass is 440 g/mol. The van der Waals surface area contributed by atoms with E-state index in [1.165, 1.54) is 0 Å². The van der Waals surface area contributed by atoms with Crippen LogP contribution in [-0.2, 0) is 5.41 Å². The second-order valence-corrected chi connectivity index (χ2v) is 8.41. The minimum Gasteiger partial charge on any atom is -0.264 e. The quantitative estimate of drug-likeness (QED) is 0.219. The Morgan fingerprint density at radius 2 is 1.24 bits per heavy atom. The summed E-state index contributed by atoms with van der Waals surface area (Å²) in [5.41, 5.74) is 7.43. The van der Waals surface area contributed by atoms with Gasteiger partial charge in [-0.2, -0.15) is 0 Å². The molecule has 1 heterocycles.